The van der Waals surface area contributed by atoms with Crippen LogP contribution in [0.25, 0.3) is 0 Å². The zero-order chi connectivity index (χ0) is 13.3. The van der Waals surface area contributed by atoms with Gasteiger partial charge in [-0.15, -0.1) is 0 Å². The molecule has 6 nitrogen and oxygen atoms in total. The van der Waals surface area contributed by atoms with E-state index in [-0.39, 0.29) is 0 Å². The van der Waals surface area contributed by atoms with Crippen LogP contribution in [0.5, 0.6) is 0 Å². The predicted molar refractivity (Wildman–Crippen MR) is 72.4 cm³/mol. The summed E-state index contributed by atoms with van der Waals surface area (Å²) in [5.74, 6) is 0.971. The molecule has 0 fully saturated rings. The summed E-state index contributed by atoms with van der Waals surface area (Å²) in [4.78, 5) is 2.11. The fourth-order valence-corrected chi connectivity index (χ4v) is 2.11. The molecule has 0 amide bonds. The van der Waals surface area contributed by atoms with Gasteiger partial charge in [0.25, 0.3) is 0 Å². The molecule has 0 aliphatic carbocycles. The molecule has 2 N–H and O–H groups in total. The molecule has 0 aromatic carbocycles. The standard InChI is InChI=1S/C12H20N6/c1-5-18-12(11(13)9(2)15-18)16(3)7-10-6-14-17(4)8-10/h6,8H,5,7,13H2,1-4H3. The van der Waals surface area contributed by atoms with Gasteiger partial charge >= 0.3 is 0 Å². The van der Waals surface area contributed by atoms with Gasteiger partial charge in [-0.25, -0.2) is 4.68 Å². The SMILES string of the molecule is CCn1nc(C)c(N)c1N(C)Cc1cnn(C)c1. The van der Waals surface area contributed by atoms with Gasteiger partial charge in [0.05, 0.1) is 17.6 Å². The summed E-state index contributed by atoms with van der Waals surface area (Å²) in [6.45, 7) is 5.57. The fourth-order valence-electron chi connectivity index (χ4n) is 2.11. The van der Waals surface area contributed by atoms with Gasteiger partial charge in [0.1, 0.15) is 0 Å². The van der Waals surface area contributed by atoms with Gasteiger partial charge in [0, 0.05) is 38.9 Å². The van der Waals surface area contributed by atoms with Crippen molar-refractivity contribution in [1.82, 2.24) is 19.6 Å². The first kappa shape index (κ1) is 12.5. The molecular weight excluding hydrogens is 228 g/mol. The Labute approximate surface area is 107 Å². The van der Waals surface area contributed by atoms with E-state index in [2.05, 4.69) is 22.0 Å². The van der Waals surface area contributed by atoms with Gasteiger partial charge < -0.3 is 10.6 Å². The number of rotatable bonds is 4. The molecule has 0 aliphatic heterocycles. The Hall–Kier alpha value is -1.98. The van der Waals surface area contributed by atoms with E-state index in [0.29, 0.717) is 0 Å². The van der Waals surface area contributed by atoms with Gasteiger partial charge in [-0.05, 0) is 13.8 Å². The molecule has 0 unspecified atom stereocenters. The molecule has 2 rings (SSSR count). The molecular formula is C12H20N6. The van der Waals surface area contributed by atoms with Crippen LogP contribution in [0.15, 0.2) is 12.4 Å². The molecule has 0 aliphatic rings. The van der Waals surface area contributed by atoms with E-state index in [9.17, 15) is 0 Å². The second-order valence-corrected chi connectivity index (χ2v) is 4.52. The van der Waals surface area contributed by atoms with Gasteiger partial charge in [-0.2, -0.15) is 10.2 Å². The van der Waals surface area contributed by atoms with Crippen LogP contribution in [0, 0.1) is 6.92 Å². The summed E-state index contributed by atoms with van der Waals surface area (Å²) in [6.07, 6.45) is 3.87. The van der Waals surface area contributed by atoms with Crippen molar-refractivity contribution >= 4 is 11.5 Å². The van der Waals surface area contributed by atoms with Crippen molar-refractivity contribution in [2.24, 2.45) is 7.05 Å². The summed E-state index contributed by atoms with van der Waals surface area (Å²) in [5, 5.41) is 8.60. The highest BCUT2D eigenvalue weighted by atomic mass is 15.4. The highest BCUT2D eigenvalue weighted by molar-refractivity contribution is 5.65. The highest BCUT2D eigenvalue weighted by Gasteiger charge is 2.16. The molecule has 0 spiro atoms. The summed E-state index contributed by atoms with van der Waals surface area (Å²) in [7, 11) is 3.93. The van der Waals surface area contributed by atoms with Crippen LogP contribution in [-0.4, -0.2) is 26.6 Å². The van der Waals surface area contributed by atoms with E-state index in [1.54, 1.807) is 4.68 Å². The van der Waals surface area contributed by atoms with Crippen LogP contribution in [0.2, 0.25) is 0 Å². The third kappa shape index (κ3) is 2.18. The lowest BCUT2D eigenvalue weighted by Crippen LogP contribution is -2.21. The van der Waals surface area contributed by atoms with Crippen molar-refractivity contribution in [2.75, 3.05) is 17.7 Å². The van der Waals surface area contributed by atoms with E-state index in [1.807, 2.05) is 38.1 Å². The zero-order valence-corrected chi connectivity index (χ0v) is 11.4. The van der Waals surface area contributed by atoms with Gasteiger partial charge in [-0.3, -0.25) is 4.68 Å². The Bertz CT molecular complexity index is 539. The molecule has 2 aromatic heterocycles. The van der Waals surface area contributed by atoms with Crippen LogP contribution < -0.4 is 10.6 Å². The van der Waals surface area contributed by atoms with Crippen LogP contribution >= 0.6 is 0 Å². The number of hydrogen-bond acceptors (Lipinski definition) is 4. The maximum atomic E-state index is 6.09. The number of aromatic nitrogens is 4. The lowest BCUT2D eigenvalue weighted by Gasteiger charge is -2.20. The number of aryl methyl sites for hydroxylation is 3. The minimum absolute atomic E-state index is 0.753. The number of nitrogens with zero attached hydrogens (tertiary/aromatic N) is 5. The van der Waals surface area contributed by atoms with Crippen molar-refractivity contribution in [2.45, 2.75) is 26.9 Å². The third-order valence-electron chi connectivity index (χ3n) is 2.99. The minimum atomic E-state index is 0.753. The summed E-state index contributed by atoms with van der Waals surface area (Å²) >= 11 is 0. The third-order valence-corrected chi connectivity index (χ3v) is 2.99. The van der Waals surface area contributed by atoms with Crippen molar-refractivity contribution in [3.8, 4) is 0 Å². The molecule has 0 saturated heterocycles. The van der Waals surface area contributed by atoms with E-state index in [4.69, 9.17) is 5.73 Å². The van der Waals surface area contributed by atoms with Crippen LogP contribution in [-0.2, 0) is 20.1 Å². The largest absolute Gasteiger partial charge is 0.394 e. The van der Waals surface area contributed by atoms with Crippen LogP contribution in [0.4, 0.5) is 11.5 Å². The Morgan fingerprint density at radius 1 is 1.44 bits per heavy atom. The smallest absolute Gasteiger partial charge is 0.150 e. The quantitative estimate of drug-likeness (QED) is 0.882. The molecule has 2 aromatic rings. The monoisotopic (exact) mass is 248 g/mol. The van der Waals surface area contributed by atoms with Crippen molar-refractivity contribution < 1.29 is 0 Å². The predicted octanol–water partition coefficient (Wildman–Crippen LogP) is 1.16. The topological polar surface area (TPSA) is 64.9 Å². The summed E-state index contributed by atoms with van der Waals surface area (Å²) in [5.41, 5.74) is 8.88. The lowest BCUT2D eigenvalue weighted by atomic mass is 10.3. The minimum Gasteiger partial charge on any atom is -0.394 e. The normalized spacial score (nSPS) is 10.9. The molecule has 98 valence electrons. The first-order valence-electron chi connectivity index (χ1n) is 6.04. The van der Waals surface area contributed by atoms with Crippen molar-refractivity contribution in [3.05, 3.63) is 23.7 Å². The average Bonchev–Trinajstić information content (AvgIpc) is 2.84. The first-order valence-corrected chi connectivity index (χ1v) is 6.04. The molecule has 0 bridgehead atoms. The highest BCUT2D eigenvalue weighted by Crippen LogP contribution is 2.26. The van der Waals surface area contributed by atoms with Crippen molar-refractivity contribution in [3.63, 3.8) is 0 Å². The lowest BCUT2D eigenvalue weighted by molar-refractivity contribution is 0.640. The first-order chi connectivity index (χ1) is 8.52. The zero-order valence-electron chi connectivity index (χ0n) is 11.4. The molecule has 0 saturated carbocycles. The Balaban J connectivity index is 2.25. The number of nitrogens with two attached hydrogens (primary N) is 1. The molecule has 18 heavy (non-hydrogen) atoms. The maximum absolute atomic E-state index is 6.09. The van der Waals surface area contributed by atoms with Gasteiger partial charge in [0.2, 0.25) is 0 Å². The summed E-state index contributed by atoms with van der Waals surface area (Å²) < 4.78 is 3.73. The number of nitrogen functional groups attached to an aromatic ring is 1. The molecule has 0 radical (unpaired) electrons. The van der Waals surface area contributed by atoms with Crippen LogP contribution in [0.3, 0.4) is 0 Å². The average molecular weight is 248 g/mol. The molecule has 0 atom stereocenters. The van der Waals surface area contributed by atoms with Gasteiger partial charge in [-0.1, -0.05) is 0 Å². The maximum Gasteiger partial charge on any atom is 0.150 e. The molecule has 6 heteroatoms. The van der Waals surface area contributed by atoms with Crippen molar-refractivity contribution in [1.29, 1.82) is 0 Å². The Morgan fingerprint density at radius 3 is 2.72 bits per heavy atom. The van der Waals surface area contributed by atoms with Crippen LogP contribution in [0.1, 0.15) is 18.2 Å². The van der Waals surface area contributed by atoms with Gasteiger partial charge in [0.15, 0.2) is 5.82 Å². The summed E-state index contributed by atoms with van der Waals surface area (Å²) in [6, 6.07) is 0. The van der Waals surface area contributed by atoms with E-state index < -0.39 is 0 Å². The van der Waals surface area contributed by atoms with E-state index in [1.165, 1.54) is 0 Å². The van der Waals surface area contributed by atoms with E-state index >= 15 is 0 Å². The number of anilines is 2. The molecule has 2 heterocycles. The Morgan fingerprint density at radius 2 is 2.17 bits per heavy atom. The second-order valence-electron chi connectivity index (χ2n) is 4.52. The number of hydrogen-bond donors (Lipinski definition) is 1. The van der Waals surface area contributed by atoms with E-state index in [0.717, 1.165) is 35.9 Å². The fraction of sp³-hybridized carbons (Fsp3) is 0.500. The second kappa shape index (κ2) is 4.72. The Kier molecular flexibility index (Phi) is 3.27.